The molecule has 1 aliphatic carbocycles. The van der Waals surface area contributed by atoms with Crippen LogP contribution in [0, 0.1) is 5.41 Å². The molecule has 3 rings (SSSR count). The first-order valence-corrected chi connectivity index (χ1v) is 8.27. The van der Waals surface area contributed by atoms with E-state index in [1.165, 1.54) is 25.7 Å². The van der Waals surface area contributed by atoms with Gasteiger partial charge in [-0.3, -0.25) is 0 Å². The highest BCUT2D eigenvalue weighted by atomic mass is 79.9. The Hall–Kier alpha value is -0.800. The van der Waals surface area contributed by atoms with E-state index in [0.717, 1.165) is 27.7 Å². The number of hydrogen-bond acceptors (Lipinski definition) is 2. The van der Waals surface area contributed by atoms with Crippen molar-refractivity contribution in [3.63, 3.8) is 0 Å². The van der Waals surface area contributed by atoms with E-state index in [4.69, 9.17) is 4.42 Å². The van der Waals surface area contributed by atoms with Crippen LogP contribution in [0.25, 0.3) is 11.0 Å². The fourth-order valence-electron chi connectivity index (χ4n) is 3.15. The molecule has 1 aromatic heterocycles. The second kappa shape index (κ2) is 5.53. The van der Waals surface area contributed by atoms with E-state index < -0.39 is 0 Å². The summed E-state index contributed by atoms with van der Waals surface area (Å²) in [5.41, 5.74) is 1.44. The largest absolute Gasteiger partial charge is 0.459 e. The van der Waals surface area contributed by atoms with Gasteiger partial charge in [-0.15, -0.1) is 0 Å². The van der Waals surface area contributed by atoms with Gasteiger partial charge in [-0.25, -0.2) is 0 Å². The molecule has 0 radical (unpaired) electrons. The van der Waals surface area contributed by atoms with Gasteiger partial charge in [-0.1, -0.05) is 35.7 Å². The van der Waals surface area contributed by atoms with Crippen LogP contribution in [0.4, 0.5) is 0 Å². The Kier molecular flexibility index (Phi) is 3.91. The standard InChI is InChI=1S/C17H22BrNO/c1-12(19-11-17(2)7-3-4-8-17)16-10-13-9-14(18)5-6-15(13)20-16/h5-6,9-10,12,19H,3-4,7-8,11H2,1-2H3. The maximum absolute atomic E-state index is 5.95. The van der Waals surface area contributed by atoms with Crippen molar-refractivity contribution in [2.45, 2.75) is 45.6 Å². The summed E-state index contributed by atoms with van der Waals surface area (Å²) in [7, 11) is 0. The molecular formula is C17H22BrNO. The Morgan fingerprint density at radius 3 is 2.80 bits per heavy atom. The quantitative estimate of drug-likeness (QED) is 0.806. The molecule has 20 heavy (non-hydrogen) atoms. The monoisotopic (exact) mass is 335 g/mol. The average molecular weight is 336 g/mol. The molecule has 108 valence electrons. The van der Waals surface area contributed by atoms with Crippen LogP contribution >= 0.6 is 15.9 Å². The van der Waals surface area contributed by atoms with Crippen LogP contribution in [0.1, 0.15) is 51.3 Å². The second-order valence-electron chi connectivity index (χ2n) is 6.45. The van der Waals surface area contributed by atoms with Crippen molar-refractivity contribution in [3.05, 3.63) is 34.5 Å². The van der Waals surface area contributed by atoms with Crippen molar-refractivity contribution in [1.82, 2.24) is 5.32 Å². The predicted molar refractivity (Wildman–Crippen MR) is 86.9 cm³/mol. The molecular weight excluding hydrogens is 314 g/mol. The van der Waals surface area contributed by atoms with Crippen LogP contribution in [-0.2, 0) is 0 Å². The highest BCUT2D eigenvalue weighted by Crippen LogP contribution is 2.37. The third-order valence-electron chi connectivity index (χ3n) is 4.57. The summed E-state index contributed by atoms with van der Waals surface area (Å²) in [6, 6.07) is 8.56. The van der Waals surface area contributed by atoms with Gasteiger partial charge in [0.1, 0.15) is 11.3 Å². The molecule has 1 aromatic carbocycles. The first kappa shape index (κ1) is 14.2. The van der Waals surface area contributed by atoms with Crippen LogP contribution in [0.3, 0.4) is 0 Å². The van der Waals surface area contributed by atoms with Crippen molar-refractivity contribution >= 4 is 26.9 Å². The lowest BCUT2D eigenvalue weighted by Gasteiger charge is -2.25. The maximum atomic E-state index is 5.95. The molecule has 0 aliphatic heterocycles. The molecule has 2 nitrogen and oxygen atoms in total. The third kappa shape index (κ3) is 2.94. The van der Waals surface area contributed by atoms with Crippen molar-refractivity contribution in [3.8, 4) is 0 Å². The first-order chi connectivity index (χ1) is 9.56. The fraction of sp³-hybridized carbons (Fsp3) is 0.529. The van der Waals surface area contributed by atoms with Gasteiger partial charge in [-0.2, -0.15) is 0 Å². The van der Waals surface area contributed by atoms with E-state index in [9.17, 15) is 0 Å². The molecule has 1 heterocycles. The summed E-state index contributed by atoms with van der Waals surface area (Å²) in [6.07, 6.45) is 5.45. The van der Waals surface area contributed by atoms with Gasteiger partial charge in [-0.05, 0) is 49.4 Å². The molecule has 1 N–H and O–H groups in total. The van der Waals surface area contributed by atoms with Crippen LogP contribution in [0.15, 0.2) is 33.2 Å². The van der Waals surface area contributed by atoms with Crippen molar-refractivity contribution in [1.29, 1.82) is 0 Å². The fourth-order valence-corrected chi connectivity index (χ4v) is 3.53. The smallest absolute Gasteiger partial charge is 0.134 e. The number of halogens is 1. The Bertz CT molecular complexity index is 598. The Balaban J connectivity index is 1.70. The summed E-state index contributed by atoms with van der Waals surface area (Å²) in [4.78, 5) is 0. The van der Waals surface area contributed by atoms with Gasteiger partial charge < -0.3 is 9.73 Å². The minimum atomic E-state index is 0.263. The summed E-state index contributed by atoms with van der Waals surface area (Å²) in [5.74, 6) is 1.03. The number of nitrogens with one attached hydrogen (secondary N) is 1. The van der Waals surface area contributed by atoms with E-state index in [1.54, 1.807) is 0 Å². The molecule has 3 heteroatoms. The number of rotatable bonds is 4. The van der Waals surface area contributed by atoms with Crippen LogP contribution < -0.4 is 5.32 Å². The molecule has 1 atom stereocenters. The Morgan fingerprint density at radius 2 is 2.05 bits per heavy atom. The van der Waals surface area contributed by atoms with Crippen molar-refractivity contribution in [2.24, 2.45) is 5.41 Å². The summed E-state index contributed by atoms with van der Waals surface area (Å²) >= 11 is 3.50. The van der Waals surface area contributed by atoms with E-state index >= 15 is 0 Å². The van der Waals surface area contributed by atoms with Gasteiger partial charge in [0.2, 0.25) is 0 Å². The van der Waals surface area contributed by atoms with E-state index in [1.807, 2.05) is 12.1 Å². The van der Waals surface area contributed by atoms with Gasteiger partial charge in [0.25, 0.3) is 0 Å². The zero-order chi connectivity index (χ0) is 14.2. The number of benzene rings is 1. The molecule has 0 saturated heterocycles. The lowest BCUT2D eigenvalue weighted by molar-refractivity contribution is 0.293. The number of hydrogen-bond donors (Lipinski definition) is 1. The molecule has 1 fully saturated rings. The highest BCUT2D eigenvalue weighted by molar-refractivity contribution is 9.10. The highest BCUT2D eigenvalue weighted by Gasteiger charge is 2.29. The van der Waals surface area contributed by atoms with E-state index in [0.29, 0.717) is 5.41 Å². The third-order valence-corrected chi connectivity index (χ3v) is 5.06. The molecule has 1 aliphatic rings. The number of fused-ring (bicyclic) bond motifs is 1. The summed E-state index contributed by atoms with van der Waals surface area (Å²) < 4.78 is 7.04. The van der Waals surface area contributed by atoms with Gasteiger partial charge in [0, 0.05) is 16.4 Å². The topological polar surface area (TPSA) is 25.2 Å². The molecule has 0 spiro atoms. The van der Waals surface area contributed by atoms with E-state index in [-0.39, 0.29) is 6.04 Å². The lowest BCUT2D eigenvalue weighted by atomic mass is 9.88. The lowest BCUT2D eigenvalue weighted by Crippen LogP contribution is -2.31. The SMILES string of the molecule is CC(NCC1(C)CCCC1)c1cc2cc(Br)ccc2o1. The maximum Gasteiger partial charge on any atom is 0.134 e. The zero-order valence-electron chi connectivity index (χ0n) is 12.2. The number of furan rings is 1. The van der Waals surface area contributed by atoms with Crippen molar-refractivity contribution < 1.29 is 4.42 Å². The predicted octanol–water partition coefficient (Wildman–Crippen LogP) is 5.43. The van der Waals surface area contributed by atoms with Crippen LogP contribution in [0.5, 0.6) is 0 Å². The summed E-state index contributed by atoms with van der Waals surface area (Å²) in [5, 5.41) is 4.81. The zero-order valence-corrected chi connectivity index (χ0v) is 13.8. The molecule has 0 bridgehead atoms. The molecule has 0 amide bonds. The first-order valence-electron chi connectivity index (χ1n) is 7.48. The molecule has 1 saturated carbocycles. The average Bonchev–Trinajstić information content (AvgIpc) is 3.02. The summed E-state index contributed by atoms with van der Waals surface area (Å²) in [6.45, 7) is 5.66. The van der Waals surface area contributed by atoms with Gasteiger partial charge >= 0.3 is 0 Å². The van der Waals surface area contributed by atoms with Crippen LogP contribution in [0.2, 0.25) is 0 Å². The Morgan fingerprint density at radius 1 is 1.30 bits per heavy atom. The van der Waals surface area contributed by atoms with E-state index in [2.05, 4.69) is 47.2 Å². The van der Waals surface area contributed by atoms with Crippen LogP contribution in [-0.4, -0.2) is 6.54 Å². The molecule has 2 aromatic rings. The van der Waals surface area contributed by atoms with Crippen molar-refractivity contribution in [2.75, 3.05) is 6.54 Å². The van der Waals surface area contributed by atoms with Gasteiger partial charge in [0.05, 0.1) is 6.04 Å². The van der Waals surface area contributed by atoms with Gasteiger partial charge in [0.15, 0.2) is 0 Å². The normalized spacial score (nSPS) is 19.6. The minimum Gasteiger partial charge on any atom is -0.459 e. The minimum absolute atomic E-state index is 0.263. The molecule has 1 unspecified atom stereocenters. The second-order valence-corrected chi connectivity index (χ2v) is 7.37. The Labute approximate surface area is 129 Å².